The Morgan fingerprint density at radius 1 is 1.00 bits per heavy atom. The topological polar surface area (TPSA) is 29.4 Å². The van der Waals surface area contributed by atoms with Crippen LogP contribution in [0.1, 0.15) is 33.1 Å². The number of hydrogen-bond acceptors (Lipinski definition) is 2. The Labute approximate surface area is 114 Å². The Morgan fingerprint density at radius 3 is 2.42 bits per heavy atom. The monoisotopic (exact) mass is 253 g/mol. The molecule has 0 saturated carbocycles. The van der Waals surface area contributed by atoms with E-state index in [4.69, 9.17) is 0 Å². The highest BCUT2D eigenvalue weighted by Gasteiger charge is 2.04. The maximum absolute atomic E-state index is 11.5. The second-order valence-corrected chi connectivity index (χ2v) is 4.63. The zero-order valence-electron chi connectivity index (χ0n) is 11.5. The first-order valence-electron chi connectivity index (χ1n) is 6.80. The van der Waals surface area contributed by atoms with Crippen molar-refractivity contribution >= 4 is 28.0 Å². The van der Waals surface area contributed by atoms with E-state index >= 15 is 0 Å². The Balaban J connectivity index is 2.29. The summed E-state index contributed by atoms with van der Waals surface area (Å²) in [7, 11) is 0. The lowest BCUT2D eigenvalue weighted by Crippen LogP contribution is -2.05. The summed E-state index contributed by atoms with van der Waals surface area (Å²) in [6, 6.07) is 14.4. The molecule has 2 nitrogen and oxygen atoms in total. The highest BCUT2D eigenvalue weighted by atomic mass is 16.1. The van der Waals surface area contributed by atoms with Gasteiger partial charge in [0.25, 0.3) is 0 Å². The van der Waals surface area contributed by atoms with Gasteiger partial charge in [0.2, 0.25) is 0 Å². The van der Waals surface area contributed by atoms with E-state index in [1.807, 2.05) is 32.0 Å². The molecule has 0 spiro atoms. The third-order valence-electron chi connectivity index (χ3n) is 3.22. The Kier molecular flexibility index (Phi) is 4.45. The quantitative estimate of drug-likeness (QED) is 0.711. The third kappa shape index (κ3) is 3.50. The molecular formula is C17H19NO. The van der Waals surface area contributed by atoms with Crippen LogP contribution in [0.25, 0.3) is 10.8 Å². The molecule has 0 aliphatic carbocycles. The summed E-state index contributed by atoms with van der Waals surface area (Å²) in [6.45, 7) is 3.94. The predicted molar refractivity (Wildman–Crippen MR) is 81.2 cm³/mol. The molecule has 0 N–H and O–H groups in total. The smallest absolute Gasteiger partial charge is 0.138 e. The van der Waals surface area contributed by atoms with Crippen molar-refractivity contribution in [2.24, 2.45) is 4.99 Å². The maximum atomic E-state index is 11.5. The average Bonchev–Trinajstić information content (AvgIpc) is 2.46. The van der Waals surface area contributed by atoms with Gasteiger partial charge >= 0.3 is 0 Å². The summed E-state index contributed by atoms with van der Waals surface area (Å²) in [6.07, 6.45) is 1.87. The Bertz CT molecular complexity index is 613. The fraction of sp³-hybridized carbons (Fsp3) is 0.294. The first-order chi connectivity index (χ1) is 9.22. The molecule has 0 aromatic heterocycles. The SMILES string of the molecule is CCC(=O)CC(CC)=Nc1ccc2ccccc2c1. The predicted octanol–water partition coefficient (Wildman–Crippen LogP) is 4.69. The summed E-state index contributed by atoms with van der Waals surface area (Å²) in [5.74, 6) is 0.251. The van der Waals surface area contributed by atoms with Crippen LogP contribution < -0.4 is 0 Å². The van der Waals surface area contributed by atoms with E-state index in [-0.39, 0.29) is 5.78 Å². The number of rotatable bonds is 5. The van der Waals surface area contributed by atoms with Crippen LogP contribution in [0, 0.1) is 0 Å². The van der Waals surface area contributed by atoms with Crippen molar-refractivity contribution in [1.29, 1.82) is 0 Å². The van der Waals surface area contributed by atoms with Gasteiger partial charge in [-0.15, -0.1) is 0 Å². The number of hydrogen-bond donors (Lipinski definition) is 0. The molecule has 0 unspecified atom stereocenters. The molecule has 0 amide bonds. The van der Waals surface area contributed by atoms with E-state index in [0.29, 0.717) is 12.8 Å². The lowest BCUT2D eigenvalue weighted by molar-refractivity contribution is -0.117. The van der Waals surface area contributed by atoms with Crippen molar-refractivity contribution in [1.82, 2.24) is 0 Å². The number of aliphatic imine (C=N–C) groups is 1. The first kappa shape index (κ1) is 13.5. The van der Waals surface area contributed by atoms with Gasteiger partial charge in [-0.1, -0.05) is 44.2 Å². The minimum atomic E-state index is 0.251. The molecular weight excluding hydrogens is 234 g/mol. The molecule has 0 fully saturated rings. The molecule has 0 heterocycles. The number of ketones is 1. The molecule has 0 bridgehead atoms. The molecule has 0 radical (unpaired) electrons. The summed E-state index contributed by atoms with van der Waals surface area (Å²) >= 11 is 0. The van der Waals surface area contributed by atoms with Gasteiger partial charge in [-0.05, 0) is 29.3 Å². The minimum absolute atomic E-state index is 0.251. The van der Waals surface area contributed by atoms with Gasteiger partial charge in [-0.2, -0.15) is 0 Å². The largest absolute Gasteiger partial charge is 0.299 e. The van der Waals surface area contributed by atoms with Gasteiger partial charge in [-0.25, -0.2) is 0 Å². The fourth-order valence-corrected chi connectivity index (χ4v) is 2.03. The standard InChI is InChI=1S/C17H19NO/c1-3-15(12-17(19)4-2)18-16-10-9-13-7-5-6-8-14(13)11-16/h5-11H,3-4,12H2,1-2H3. The number of carbonyl (C=O) groups is 1. The highest BCUT2D eigenvalue weighted by molar-refractivity contribution is 6.03. The van der Waals surface area contributed by atoms with Crippen LogP contribution in [-0.4, -0.2) is 11.5 Å². The van der Waals surface area contributed by atoms with Crippen LogP contribution in [0.3, 0.4) is 0 Å². The maximum Gasteiger partial charge on any atom is 0.138 e. The van der Waals surface area contributed by atoms with Crippen molar-refractivity contribution in [3.05, 3.63) is 42.5 Å². The number of carbonyl (C=O) groups excluding carboxylic acids is 1. The zero-order valence-corrected chi connectivity index (χ0v) is 11.5. The van der Waals surface area contributed by atoms with Gasteiger partial charge in [0.05, 0.1) is 5.69 Å². The molecule has 2 heteroatoms. The van der Waals surface area contributed by atoms with Crippen molar-refractivity contribution in [2.75, 3.05) is 0 Å². The van der Waals surface area contributed by atoms with E-state index in [9.17, 15) is 4.79 Å². The molecule has 98 valence electrons. The molecule has 2 rings (SSSR count). The van der Waals surface area contributed by atoms with Crippen LogP contribution >= 0.6 is 0 Å². The normalized spacial score (nSPS) is 11.8. The van der Waals surface area contributed by atoms with Gasteiger partial charge in [0, 0.05) is 18.6 Å². The van der Waals surface area contributed by atoms with E-state index in [0.717, 1.165) is 17.8 Å². The second-order valence-electron chi connectivity index (χ2n) is 4.63. The number of nitrogens with zero attached hydrogens (tertiary/aromatic N) is 1. The van der Waals surface area contributed by atoms with Gasteiger partial charge in [-0.3, -0.25) is 9.79 Å². The average molecular weight is 253 g/mol. The van der Waals surface area contributed by atoms with E-state index in [1.165, 1.54) is 10.8 Å². The summed E-state index contributed by atoms with van der Waals surface area (Å²) in [4.78, 5) is 16.1. The Morgan fingerprint density at radius 2 is 1.74 bits per heavy atom. The summed E-state index contributed by atoms with van der Waals surface area (Å²) < 4.78 is 0. The molecule has 19 heavy (non-hydrogen) atoms. The van der Waals surface area contributed by atoms with Crippen molar-refractivity contribution < 1.29 is 4.79 Å². The van der Waals surface area contributed by atoms with Gasteiger partial charge in [0.15, 0.2) is 0 Å². The van der Waals surface area contributed by atoms with Crippen LogP contribution in [-0.2, 0) is 4.79 Å². The summed E-state index contributed by atoms with van der Waals surface area (Å²) in [5.41, 5.74) is 1.89. The van der Waals surface area contributed by atoms with Gasteiger partial charge in [0.1, 0.15) is 5.78 Å². The van der Waals surface area contributed by atoms with Gasteiger partial charge < -0.3 is 0 Å². The first-order valence-corrected chi connectivity index (χ1v) is 6.80. The highest BCUT2D eigenvalue weighted by Crippen LogP contribution is 2.21. The van der Waals surface area contributed by atoms with E-state index < -0.39 is 0 Å². The number of benzene rings is 2. The second kappa shape index (κ2) is 6.28. The molecule has 2 aromatic rings. The summed E-state index contributed by atoms with van der Waals surface area (Å²) in [5, 5.41) is 2.39. The lowest BCUT2D eigenvalue weighted by Gasteiger charge is -2.04. The van der Waals surface area contributed by atoms with E-state index in [1.54, 1.807) is 0 Å². The molecule has 0 saturated heterocycles. The molecule has 0 atom stereocenters. The fourth-order valence-electron chi connectivity index (χ4n) is 2.03. The van der Waals surface area contributed by atoms with Crippen LogP contribution in [0.4, 0.5) is 5.69 Å². The van der Waals surface area contributed by atoms with Crippen LogP contribution in [0.15, 0.2) is 47.5 Å². The van der Waals surface area contributed by atoms with Crippen LogP contribution in [0.5, 0.6) is 0 Å². The lowest BCUT2D eigenvalue weighted by atomic mass is 10.1. The number of Topliss-reactive ketones (excluding diaryl/α,β-unsaturated/α-hetero) is 1. The van der Waals surface area contributed by atoms with Crippen molar-refractivity contribution in [3.8, 4) is 0 Å². The van der Waals surface area contributed by atoms with Crippen molar-refractivity contribution in [3.63, 3.8) is 0 Å². The Hall–Kier alpha value is -1.96. The van der Waals surface area contributed by atoms with Crippen molar-refractivity contribution in [2.45, 2.75) is 33.1 Å². The van der Waals surface area contributed by atoms with E-state index in [2.05, 4.69) is 29.3 Å². The minimum Gasteiger partial charge on any atom is -0.299 e. The molecule has 0 aliphatic heterocycles. The molecule has 0 aliphatic rings. The molecule has 2 aromatic carbocycles. The van der Waals surface area contributed by atoms with Crippen LogP contribution in [0.2, 0.25) is 0 Å². The number of fused-ring (bicyclic) bond motifs is 1. The zero-order chi connectivity index (χ0) is 13.7. The third-order valence-corrected chi connectivity index (χ3v) is 3.22.